The van der Waals surface area contributed by atoms with E-state index in [1.807, 2.05) is 9.80 Å². The molecule has 0 spiro atoms. The number of carbonyl (C=O) groups excluding carboxylic acids is 2. The van der Waals surface area contributed by atoms with E-state index < -0.39 is 0 Å². The number of nitrogens with zero attached hydrogens (tertiary/aromatic N) is 4. The maximum absolute atomic E-state index is 12.4. The van der Waals surface area contributed by atoms with Gasteiger partial charge in [-0.2, -0.15) is 0 Å². The summed E-state index contributed by atoms with van der Waals surface area (Å²) in [6.07, 6.45) is 4.97. The number of guanidine groups is 1. The first-order valence-electron chi connectivity index (χ1n) is 9.83. The third kappa shape index (κ3) is 4.66. The van der Waals surface area contributed by atoms with Crippen molar-refractivity contribution in [3.05, 3.63) is 0 Å². The number of nitrogens with one attached hydrogen (secondary N) is 1. The Kier molecular flexibility index (Phi) is 6.71. The molecule has 2 amide bonds. The Morgan fingerprint density at radius 2 is 1.65 bits per heavy atom. The van der Waals surface area contributed by atoms with Crippen molar-refractivity contribution in [1.29, 1.82) is 0 Å². The summed E-state index contributed by atoms with van der Waals surface area (Å²) in [5.41, 5.74) is 0. The summed E-state index contributed by atoms with van der Waals surface area (Å²) in [6.45, 7) is 5.47. The van der Waals surface area contributed by atoms with Gasteiger partial charge in [-0.1, -0.05) is 0 Å². The minimum atomic E-state index is -0.249. The van der Waals surface area contributed by atoms with E-state index >= 15 is 0 Å². The summed E-state index contributed by atoms with van der Waals surface area (Å²) in [7, 11) is 1.73. The Morgan fingerprint density at radius 3 is 2.27 bits per heavy atom. The second kappa shape index (κ2) is 9.21. The number of aliphatic imine (C=N–C) groups is 1. The SMILES string of the molecule is CN=C(NCC(=O)N1CCCCC1)N1CCN(C(=O)C2CCCO2)CC1. The zero-order valence-electron chi connectivity index (χ0n) is 15.8. The Labute approximate surface area is 155 Å². The van der Waals surface area contributed by atoms with Crippen molar-refractivity contribution in [3.63, 3.8) is 0 Å². The fraction of sp³-hybridized carbons (Fsp3) is 0.833. The molecule has 3 aliphatic heterocycles. The maximum atomic E-state index is 12.4. The monoisotopic (exact) mass is 365 g/mol. The predicted octanol–water partition coefficient (Wildman–Crippen LogP) is -0.102. The number of piperidine rings is 1. The quantitative estimate of drug-likeness (QED) is 0.558. The molecule has 3 heterocycles. The van der Waals surface area contributed by atoms with Crippen LogP contribution in [0.2, 0.25) is 0 Å². The van der Waals surface area contributed by atoms with Crippen LogP contribution in [0.4, 0.5) is 0 Å². The molecule has 8 heteroatoms. The molecule has 3 aliphatic rings. The highest BCUT2D eigenvalue weighted by Gasteiger charge is 2.31. The molecule has 3 fully saturated rings. The minimum Gasteiger partial charge on any atom is -0.368 e. The molecule has 3 rings (SSSR count). The number of carbonyl (C=O) groups is 2. The van der Waals surface area contributed by atoms with Gasteiger partial charge < -0.3 is 24.8 Å². The second-order valence-electron chi connectivity index (χ2n) is 7.16. The molecular formula is C18H31N5O3. The topological polar surface area (TPSA) is 77.5 Å². The van der Waals surface area contributed by atoms with Gasteiger partial charge in [0.1, 0.15) is 6.10 Å². The van der Waals surface area contributed by atoms with Gasteiger partial charge in [0, 0.05) is 52.9 Å². The van der Waals surface area contributed by atoms with Gasteiger partial charge in [0.2, 0.25) is 5.91 Å². The Balaban J connectivity index is 1.43. The highest BCUT2D eigenvalue weighted by Crippen LogP contribution is 2.16. The molecule has 8 nitrogen and oxygen atoms in total. The van der Waals surface area contributed by atoms with Crippen molar-refractivity contribution in [1.82, 2.24) is 20.0 Å². The molecule has 1 atom stereocenters. The van der Waals surface area contributed by atoms with Crippen molar-refractivity contribution < 1.29 is 14.3 Å². The Hall–Kier alpha value is -1.83. The van der Waals surface area contributed by atoms with E-state index in [-0.39, 0.29) is 24.5 Å². The fourth-order valence-electron chi connectivity index (χ4n) is 3.86. The Bertz CT molecular complexity index is 519. The van der Waals surface area contributed by atoms with Crippen molar-refractivity contribution >= 4 is 17.8 Å². The van der Waals surface area contributed by atoms with Crippen LogP contribution >= 0.6 is 0 Å². The van der Waals surface area contributed by atoms with Gasteiger partial charge in [-0.05, 0) is 32.1 Å². The molecule has 0 bridgehead atoms. The average Bonchev–Trinajstić information content (AvgIpc) is 3.24. The van der Waals surface area contributed by atoms with Crippen molar-refractivity contribution in [2.75, 3.05) is 59.5 Å². The number of hydrogen-bond acceptors (Lipinski definition) is 4. The summed E-state index contributed by atoms with van der Waals surface area (Å²) in [5, 5.41) is 3.19. The highest BCUT2D eigenvalue weighted by molar-refractivity contribution is 5.87. The van der Waals surface area contributed by atoms with Crippen LogP contribution in [0, 0.1) is 0 Å². The van der Waals surface area contributed by atoms with E-state index in [9.17, 15) is 9.59 Å². The highest BCUT2D eigenvalue weighted by atomic mass is 16.5. The lowest BCUT2D eigenvalue weighted by molar-refractivity contribution is -0.142. The smallest absolute Gasteiger partial charge is 0.251 e. The predicted molar refractivity (Wildman–Crippen MR) is 98.9 cm³/mol. The van der Waals surface area contributed by atoms with Gasteiger partial charge in [-0.3, -0.25) is 14.6 Å². The number of piperazine rings is 1. The molecule has 0 aliphatic carbocycles. The van der Waals surface area contributed by atoms with Gasteiger partial charge in [-0.15, -0.1) is 0 Å². The van der Waals surface area contributed by atoms with Crippen LogP contribution in [-0.4, -0.2) is 98.0 Å². The van der Waals surface area contributed by atoms with E-state index in [0.717, 1.165) is 57.8 Å². The maximum Gasteiger partial charge on any atom is 0.251 e. The largest absolute Gasteiger partial charge is 0.368 e. The summed E-state index contributed by atoms with van der Waals surface area (Å²) in [4.78, 5) is 35.0. The molecular weight excluding hydrogens is 334 g/mol. The van der Waals surface area contributed by atoms with Crippen LogP contribution in [0.5, 0.6) is 0 Å². The second-order valence-corrected chi connectivity index (χ2v) is 7.16. The molecule has 1 unspecified atom stereocenters. The number of ether oxygens (including phenoxy) is 1. The number of amides is 2. The van der Waals surface area contributed by atoms with Crippen LogP contribution in [-0.2, 0) is 14.3 Å². The first-order chi connectivity index (χ1) is 12.7. The Morgan fingerprint density at radius 1 is 0.962 bits per heavy atom. The molecule has 0 radical (unpaired) electrons. The van der Waals surface area contributed by atoms with Gasteiger partial charge >= 0.3 is 0 Å². The van der Waals surface area contributed by atoms with Crippen LogP contribution in [0.1, 0.15) is 32.1 Å². The standard InChI is InChI=1S/C18H31N5O3/c1-19-18(20-14-16(24)21-7-3-2-4-8-21)23-11-9-22(10-12-23)17(25)15-6-5-13-26-15/h15H,2-14H2,1H3,(H,19,20). The molecule has 0 aromatic carbocycles. The zero-order chi connectivity index (χ0) is 18.4. The molecule has 3 saturated heterocycles. The summed E-state index contributed by atoms with van der Waals surface area (Å²) < 4.78 is 5.50. The van der Waals surface area contributed by atoms with Crippen LogP contribution in [0.15, 0.2) is 4.99 Å². The molecule has 26 heavy (non-hydrogen) atoms. The van der Waals surface area contributed by atoms with Crippen molar-refractivity contribution in [2.45, 2.75) is 38.2 Å². The van der Waals surface area contributed by atoms with Crippen LogP contribution in [0.3, 0.4) is 0 Å². The first kappa shape index (κ1) is 18.9. The molecule has 0 aromatic rings. The van der Waals surface area contributed by atoms with Gasteiger partial charge in [0.15, 0.2) is 5.96 Å². The third-order valence-electron chi connectivity index (χ3n) is 5.41. The average molecular weight is 365 g/mol. The molecule has 0 saturated carbocycles. The molecule has 0 aromatic heterocycles. The van der Waals surface area contributed by atoms with Crippen molar-refractivity contribution in [3.8, 4) is 0 Å². The lowest BCUT2D eigenvalue weighted by Crippen LogP contribution is -2.56. The van der Waals surface area contributed by atoms with Crippen molar-refractivity contribution in [2.24, 2.45) is 4.99 Å². The minimum absolute atomic E-state index is 0.116. The lowest BCUT2D eigenvalue weighted by atomic mass is 10.1. The third-order valence-corrected chi connectivity index (χ3v) is 5.41. The van der Waals surface area contributed by atoms with E-state index in [1.54, 1.807) is 7.05 Å². The fourth-order valence-corrected chi connectivity index (χ4v) is 3.86. The van der Waals surface area contributed by atoms with E-state index in [1.165, 1.54) is 6.42 Å². The number of hydrogen-bond donors (Lipinski definition) is 1. The van der Waals surface area contributed by atoms with Crippen LogP contribution < -0.4 is 5.32 Å². The van der Waals surface area contributed by atoms with Crippen LogP contribution in [0.25, 0.3) is 0 Å². The molecule has 1 N–H and O–H groups in total. The van der Waals surface area contributed by atoms with E-state index in [2.05, 4.69) is 15.2 Å². The van der Waals surface area contributed by atoms with Gasteiger partial charge in [0.25, 0.3) is 5.91 Å². The van der Waals surface area contributed by atoms with E-state index in [0.29, 0.717) is 19.7 Å². The number of rotatable bonds is 3. The van der Waals surface area contributed by atoms with E-state index in [4.69, 9.17) is 4.74 Å². The summed E-state index contributed by atoms with van der Waals surface area (Å²) >= 11 is 0. The lowest BCUT2D eigenvalue weighted by Gasteiger charge is -2.37. The van der Waals surface area contributed by atoms with Gasteiger partial charge in [0.05, 0.1) is 6.54 Å². The first-order valence-corrected chi connectivity index (χ1v) is 9.83. The number of likely N-dealkylation sites (tertiary alicyclic amines) is 1. The van der Waals surface area contributed by atoms with Gasteiger partial charge in [-0.25, -0.2) is 0 Å². The zero-order valence-corrected chi connectivity index (χ0v) is 15.8. The molecule has 146 valence electrons. The summed E-state index contributed by atoms with van der Waals surface area (Å²) in [5.74, 6) is 0.989. The summed E-state index contributed by atoms with van der Waals surface area (Å²) in [6, 6.07) is 0. The normalized spacial score (nSPS) is 24.7.